The summed E-state index contributed by atoms with van der Waals surface area (Å²) in [5.41, 5.74) is 3.85. The number of hydrogen-bond acceptors (Lipinski definition) is 7. The Labute approximate surface area is 117 Å². The average molecular weight is 284 g/mol. The van der Waals surface area contributed by atoms with Crippen LogP contribution in [0, 0.1) is 10.1 Å². The molecular weight excluding hydrogens is 264 g/mol. The van der Waals surface area contributed by atoms with E-state index in [1.807, 2.05) is 4.90 Å². The van der Waals surface area contributed by atoms with Gasteiger partial charge in [-0.05, 0) is 11.6 Å². The number of hydrazine groups is 1. The van der Waals surface area contributed by atoms with Gasteiger partial charge in [0, 0.05) is 38.9 Å². The molecular formula is C12H20N4O4. The molecule has 1 aromatic carbocycles. The van der Waals surface area contributed by atoms with Crippen LogP contribution in [-0.2, 0) is 11.3 Å². The third kappa shape index (κ3) is 4.74. The SMILES string of the molecule is COCCN(CCO)Cc1cc([N+](=O)[O-])ccc1NN. The van der Waals surface area contributed by atoms with E-state index in [2.05, 4.69) is 5.43 Å². The van der Waals surface area contributed by atoms with E-state index in [0.29, 0.717) is 37.5 Å². The number of nitrogens with zero attached hydrogens (tertiary/aromatic N) is 2. The van der Waals surface area contributed by atoms with Gasteiger partial charge in [0.2, 0.25) is 0 Å². The van der Waals surface area contributed by atoms with E-state index in [9.17, 15) is 10.1 Å². The first-order chi connectivity index (χ1) is 9.62. The Morgan fingerprint density at radius 2 is 2.25 bits per heavy atom. The van der Waals surface area contributed by atoms with E-state index in [1.165, 1.54) is 12.1 Å². The van der Waals surface area contributed by atoms with E-state index in [0.717, 1.165) is 0 Å². The molecule has 0 unspecified atom stereocenters. The van der Waals surface area contributed by atoms with Crippen molar-refractivity contribution in [2.24, 2.45) is 5.84 Å². The van der Waals surface area contributed by atoms with Crippen molar-refractivity contribution in [3.05, 3.63) is 33.9 Å². The summed E-state index contributed by atoms with van der Waals surface area (Å²) >= 11 is 0. The standard InChI is InChI=1S/C12H20N4O4/c1-20-7-5-15(4-6-17)9-10-8-11(16(18)19)2-3-12(10)14-13/h2-3,8,14,17H,4-7,9,13H2,1H3. The highest BCUT2D eigenvalue weighted by Crippen LogP contribution is 2.22. The van der Waals surface area contributed by atoms with Crippen LogP contribution in [0.15, 0.2) is 18.2 Å². The number of benzene rings is 1. The highest BCUT2D eigenvalue weighted by atomic mass is 16.6. The smallest absolute Gasteiger partial charge is 0.269 e. The molecule has 1 aromatic rings. The maximum absolute atomic E-state index is 10.8. The largest absolute Gasteiger partial charge is 0.395 e. The molecule has 0 radical (unpaired) electrons. The summed E-state index contributed by atoms with van der Waals surface area (Å²) in [5, 5.41) is 19.9. The number of rotatable bonds is 9. The molecule has 20 heavy (non-hydrogen) atoms. The molecule has 4 N–H and O–H groups in total. The van der Waals surface area contributed by atoms with Crippen LogP contribution in [-0.4, -0.2) is 48.3 Å². The maximum Gasteiger partial charge on any atom is 0.269 e. The number of aliphatic hydroxyl groups is 1. The summed E-state index contributed by atoms with van der Waals surface area (Å²) in [4.78, 5) is 12.3. The lowest BCUT2D eigenvalue weighted by Gasteiger charge is -2.22. The van der Waals surface area contributed by atoms with Crippen LogP contribution in [0.25, 0.3) is 0 Å². The van der Waals surface area contributed by atoms with Gasteiger partial charge in [0.1, 0.15) is 0 Å². The Bertz CT molecular complexity index is 441. The molecule has 0 bridgehead atoms. The first kappa shape index (κ1) is 16.3. The van der Waals surface area contributed by atoms with E-state index < -0.39 is 4.92 Å². The Hall–Kier alpha value is -1.74. The van der Waals surface area contributed by atoms with E-state index in [4.69, 9.17) is 15.7 Å². The molecule has 112 valence electrons. The number of nitrogens with two attached hydrogens (primary N) is 1. The molecule has 8 nitrogen and oxygen atoms in total. The van der Waals surface area contributed by atoms with Crippen LogP contribution in [0.4, 0.5) is 11.4 Å². The van der Waals surface area contributed by atoms with Gasteiger partial charge >= 0.3 is 0 Å². The summed E-state index contributed by atoms with van der Waals surface area (Å²) in [7, 11) is 1.59. The topological polar surface area (TPSA) is 114 Å². The lowest BCUT2D eigenvalue weighted by Crippen LogP contribution is -2.30. The van der Waals surface area contributed by atoms with Crippen molar-refractivity contribution in [3.8, 4) is 0 Å². The van der Waals surface area contributed by atoms with Gasteiger partial charge in [-0.15, -0.1) is 0 Å². The Morgan fingerprint density at radius 1 is 1.50 bits per heavy atom. The molecule has 0 amide bonds. The van der Waals surface area contributed by atoms with Crippen LogP contribution >= 0.6 is 0 Å². The summed E-state index contributed by atoms with van der Waals surface area (Å²) in [6, 6.07) is 4.44. The van der Waals surface area contributed by atoms with Crippen LogP contribution in [0.1, 0.15) is 5.56 Å². The molecule has 0 fully saturated rings. The van der Waals surface area contributed by atoms with Gasteiger partial charge in [0.25, 0.3) is 5.69 Å². The van der Waals surface area contributed by atoms with Gasteiger partial charge in [-0.25, -0.2) is 0 Å². The zero-order valence-electron chi connectivity index (χ0n) is 11.4. The highest BCUT2D eigenvalue weighted by Gasteiger charge is 2.13. The van der Waals surface area contributed by atoms with Gasteiger partial charge in [-0.3, -0.25) is 20.9 Å². The van der Waals surface area contributed by atoms with E-state index >= 15 is 0 Å². The number of ether oxygens (including phenoxy) is 1. The van der Waals surface area contributed by atoms with Crippen LogP contribution < -0.4 is 11.3 Å². The van der Waals surface area contributed by atoms with Gasteiger partial charge in [0.05, 0.1) is 23.8 Å². The second-order valence-corrected chi connectivity index (χ2v) is 4.24. The number of nitrogens with one attached hydrogen (secondary N) is 1. The van der Waals surface area contributed by atoms with Crippen LogP contribution in [0.3, 0.4) is 0 Å². The van der Waals surface area contributed by atoms with Crippen molar-refractivity contribution in [1.29, 1.82) is 0 Å². The summed E-state index contributed by atoms with van der Waals surface area (Å²) in [6.45, 7) is 2.02. The van der Waals surface area contributed by atoms with Gasteiger partial charge in [-0.2, -0.15) is 0 Å². The van der Waals surface area contributed by atoms with Gasteiger partial charge in [0.15, 0.2) is 0 Å². The second kappa shape index (κ2) is 8.43. The second-order valence-electron chi connectivity index (χ2n) is 4.24. The van der Waals surface area contributed by atoms with Gasteiger partial charge < -0.3 is 15.3 Å². The van der Waals surface area contributed by atoms with E-state index in [1.54, 1.807) is 13.2 Å². The third-order valence-corrected chi connectivity index (χ3v) is 2.88. The van der Waals surface area contributed by atoms with Crippen molar-refractivity contribution < 1.29 is 14.8 Å². The quantitative estimate of drug-likeness (QED) is 0.340. The molecule has 0 aliphatic rings. The van der Waals surface area contributed by atoms with E-state index in [-0.39, 0.29) is 12.3 Å². The average Bonchev–Trinajstić information content (AvgIpc) is 2.44. The number of anilines is 1. The fourth-order valence-electron chi connectivity index (χ4n) is 1.84. The number of nitro groups is 1. The molecule has 0 aromatic heterocycles. The molecule has 0 aliphatic heterocycles. The zero-order valence-corrected chi connectivity index (χ0v) is 11.4. The molecule has 0 saturated heterocycles. The summed E-state index contributed by atoms with van der Waals surface area (Å²) < 4.78 is 5.00. The fraction of sp³-hybridized carbons (Fsp3) is 0.500. The molecule has 1 rings (SSSR count). The number of aliphatic hydroxyl groups excluding tert-OH is 1. The van der Waals surface area contributed by atoms with Crippen LogP contribution in [0.2, 0.25) is 0 Å². The molecule has 0 aliphatic carbocycles. The lowest BCUT2D eigenvalue weighted by atomic mass is 10.1. The zero-order chi connectivity index (χ0) is 15.0. The lowest BCUT2D eigenvalue weighted by molar-refractivity contribution is -0.384. The molecule has 0 atom stereocenters. The first-order valence-corrected chi connectivity index (χ1v) is 6.18. The normalized spacial score (nSPS) is 10.8. The Balaban J connectivity index is 2.90. The number of nitrogen functional groups attached to an aromatic ring is 1. The van der Waals surface area contributed by atoms with Gasteiger partial charge in [-0.1, -0.05) is 0 Å². The van der Waals surface area contributed by atoms with Crippen molar-refractivity contribution in [3.63, 3.8) is 0 Å². The Morgan fingerprint density at radius 3 is 2.80 bits per heavy atom. The van der Waals surface area contributed by atoms with Crippen molar-refractivity contribution >= 4 is 11.4 Å². The summed E-state index contributed by atoms with van der Waals surface area (Å²) in [5.74, 6) is 5.41. The predicted molar refractivity (Wildman–Crippen MR) is 75.1 cm³/mol. The number of non-ortho nitro benzene ring substituents is 1. The van der Waals surface area contributed by atoms with Crippen molar-refractivity contribution in [2.45, 2.75) is 6.54 Å². The third-order valence-electron chi connectivity index (χ3n) is 2.88. The Kier molecular flexibility index (Phi) is 6.88. The predicted octanol–water partition coefficient (Wildman–Crippen LogP) is 0.321. The minimum atomic E-state index is -0.449. The monoisotopic (exact) mass is 284 g/mol. The number of hydrogen-bond donors (Lipinski definition) is 3. The summed E-state index contributed by atoms with van der Waals surface area (Å²) in [6.07, 6.45) is 0. The molecule has 0 saturated carbocycles. The molecule has 8 heteroatoms. The molecule has 0 spiro atoms. The highest BCUT2D eigenvalue weighted by molar-refractivity contribution is 5.55. The first-order valence-electron chi connectivity index (χ1n) is 6.18. The minimum absolute atomic E-state index is 0.00400. The van der Waals surface area contributed by atoms with Crippen molar-refractivity contribution in [1.82, 2.24) is 4.90 Å². The van der Waals surface area contributed by atoms with Crippen LogP contribution in [0.5, 0.6) is 0 Å². The number of nitro benzene ring substituents is 1. The fourth-order valence-corrected chi connectivity index (χ4v) is 1.84. The minimum Gasteiger partial charge on any atom is -0.395 e. The van der Waals surface area contributed by atoms with Crippen molar-refractivity contribution in [2.75, 3.05) is 38.8 Å². The number of methoxy groups -OCH3 is 1. The molecule has 0 heterocycles. The maximum atomic E-state index is 10.8.